The number of hydrogen-bond acceptors (Lipinski definition) is 5. The van der Waals surface area contributed by atoms with Crippen molar-refractivity contribution in [3.63, 3.8) is 0 Å². The van der Waals surface area contributed by atoms with E-state index in [1.807, 2.05) is 0 Å². The van der Waals surface area contributed by atoms with Crippen LogP contribution >= 0.6 is 23.4 Å². The molecule has 1 N–H and O–H groups in total. The van der Waals surface area contributed by atoms with Gasteiger partial charge >= 0.3 is 0 Å². The van der Waals surface area contributed by atoms with E-state index in [0.29, 0.717) is 33.6 Å². The third-order valence-corrected chi connectivity index (χ3v) is 6.31. The van der Waals surface area contributed by atoms with E-state index in [9.17, 15) is 12.8 Å². The molecule has 0 unspecified atom stereocenters. The Hall–Kier alpha value is -1.48. The molecule has 26 heavy (non-hydrogen) atoms. The number of hydrogen-bond donors (Lipinski definition) is 1. The molecule has 0 aliphatic heterocycles. The van der Waals surface area contributed by atoms with Crippen LogP contribution in [0.5, 0.6) is 11.5 Å². The van der Waals surface area contributed by atoms with Crippen LogP contribution in [0.4, 0.5) is 4.39 Å². The Morgan fingerprint density at radius 3 is 2.54 bits per heavy atom. The first-order chi connectivity index (χ1) is 12.4. The molecular formula is C17H19ClFNO4S2. The van der Waals surface area contributed by atoms with Crippen molar-refractivity contribution in [1.29, 1.82) is 0 Å². The van der Waals surface area contributed by atoms with Crippen LogP contribution in [0, 0.1) is 5.82 Å². The summed E-state index contributed by atoms with van der Waals surface area (Å²) in [5.41, 5.74) is 0.418. The van der Waals surface area contributed by atoms with E-state index in [0.717, 1.165) is 0 Å². The molecule has 0 spiro atoms. The molecule has 0 aliphatic carbocycles. The third kappa shape index (κ3) is 5.26. The van der Waals surface area contributed by atoms with Crippen LogP contribution in [0.1, 0.15) is 5.56 Å². The van der Waals surface area contributed by atoms with Crippen molar-refractivity contribution in [2.24, 2.45) is 0 Å². The molecule has 0 amide bonds. The summed E-state index contributed by atoms with van der Waals surface area (Å²) in [6.07, 6.45) is 0. The lowest BCUT2D eigenvalue weighted by Crippen LogP contribution is -2.26. The fraction of sp³-hybridized carbons (Fsp3) is 0.294. The topological polar surface area (TPSA) is 64.6 Å². The summed E-state index contributed by atoms with van der Waals surface area (Å²) in [7, 11) is -0.766. The molecule has 0 bridgehead atoms. The van der Waals surface area contributed by atoms with Crippen molar-refractivity contribution >= 4 is 33.4 Å². The second kappa shape index (κ2) is 9.45. The van der Waals surface area contributed by atoms with Gasteiger partial charge in [-0.1, -0.05) is 17.7 Å². The molecular weight excluding hydrogens is 401 g/mol. The number of rotatable bonds is 9. The highest BCUT2D eigenvalue weighted by Crippen LogP contribution is 2.29. The van der Waals surface area contributed by atoms with Crippen LogP contribution in [0.2, 0.25) is 5.02 Å². The minimum absolute atomic E-state index is 0.0808. The summed E-state index contributed by atoms with van der Waals surface area (Å²) < 4.78 is 51.1. The first-order valence-electron chi connectivity index (χ1n) is 7.61. The zero-order chi connectivity index (χ0) is 19.2. The number of benzene rings is 2. The maximum absolute atomic E-state index is 13.7. The Kier molecular flexibility index (Phi) is 7.57. The van der Waals surface area contributed by atoms with E-state index >= 15 is 0 Å². The Bertz CT molecular complexity index is 842. The molecule has 5 nitrogen and oxygen atoms in total. The van der Waals surface area contributed by atoms with Gasteiger partial charge in [0.1, 0.15) is 5.82 Å². The molecule has 142 valence electrons. The van der Waals surface area contributed by atoms with Crippen molar-refractivity contribution in [2.75, 3.05) is 26.5 Å². The summed E-state index contributed by atoms with van der Waals surface area (Å²) in [5, 5.41) is 0.364. The van der Waals surface area contributed by atoms with Crippen LogP contribution in [-0.4, -0.2) is 34.9 Å². The fourth-order valence-corrected chi connectivity index (χ4v) is 4.53. The molecule has 0 aromatic heterocycles. The number of nitrogens with one attached hydrogen (secondary N) is 1. The molecule has 0 saturated heterocycles. The number of halogens is 2. The Morgan fingerprint density at radius 1 is 1.15 bits per heavy atom. The van der Waals surface area contributed by atoms with Gasteiger partial charge in [-0.3, -0.25) is 0 Å². The van der Waals surface area contributed by atoms with Gasteiger partial charge in [0.05, 0.1) is 19.1 Å². The van der Waals surface area contributed by atoms with E-state index < -0.39 is 10.0 Å². The van der Waals surface area contributed by atoms with Crippen LogP contribution in [-0.2, 0) is 15.8 Å². The second-order valence-corrected chi connectivity index (χ2v) is 8.45. The Labute approximate surface area is 161 Å². The lowest BCUT2D eigenvalue weighted by Gasteiger charge is -2.11. The fourth-order valence-electron chi connectivity index (χ4n) is 2.16. The van der Waals surface area contributed by atoms with Crippen molar-refractivity contribution in [2.45, 2.75) is 10.6 Å². The molecule has 0 atom stereocenters. The zero-order valence-electron chi connectivity index (χ0n) is 14.3. The van der Waals surface area contributed by atoms with Crippen molar-refractivity contribution < 1.29 is 22.3 Å². The van der Waals surface area contributed by atoms with E-state index in [2.05, 4.69) is 4.72 Å². The van der Waals surface area contributed by atoms with E-state index in [1.165, 1.54) is 50.2 Å². The SMILES string of the molecule is COc1ccc(S(=O)(=O)NCCSCc2c(F)cccc2Cl)cc1OC. The molecule has 2 aromatic rings. The van der Waals surface area contributed by atoms with E-state index in [4.69, 9.17) is 21.1 Å². The molecule has 0 fully saturated rings. The van der Waals surface area contributed by atoms with Gasteiger partial charge in [-0.2, -0.15) is 11.8 Å². The first-order valence-corrected chi connectivity index (χ1v) is 10.6. The lowest BCUT2D eigenvalue weighted by atomic mass is 10.2. The number of methoxy groups -OCH3 is 2. The highest BCUT2D eigenvalue weighted by atomic mass is 35.5. The Morgan fingerprint density at radius 2 is 1.88 bits per heavy atom. The second-order valence-electron chi connectivity index (χ2n) is 5.17. The van der Waals surface area contributed by atoms with Crippen LogP contribution in [0.25, 0.3) is 0 Å². The standard InChI is InChI=1S/C17H19ClFNO4S2/c1-23-16-7-6-12(10-17(16)24-2)26(21,22)20-8-9-25-11-13-14(18)4-3-5-15(13)19/h3-7,10,20H,8-9,11H2,1-2H3. The van der Waals surface area contributed by atoms with Crippen molar-refractivity contribution in [3.05, 3.63) is 52.8 Å². The molecule has 9 heteroatoms. The maximum atomic E-state index is 13.7. The summed E-state index contributed by atoms with van der Waals surface area (Å²) in [4.78, 5) is 0.0808. The van der Waals surface area contributed by atoms with Gasteiger partial charge in [0.25, 0.3) is 0 Å². The number of thioether (sulfide) groups is 1. The van der Waals surface area contributed by atoms with Gasteiger partial charge < -0.3 is 9.47 Å². The van der Waals surface area contributed by atoms with Crippen molar-refractivity contribution in [3.8, 4) is 11.5 Å². The molecule has 0 aliphatic rings. The largest absolute Gasteiger partial charge is 0.493 e. The van der Waals surface area contributed by atoms with Gasteiger partial charge in [-0.15, -0.1) is 0 Å². The molecule has 0 saturated carbocycles. The number of sulfonamides is 1. The monoisotopic (exact) mass is 419 g/mol. The molecule has 2 rings (SSSR count). The normalized spacial score (nSPS) is 11.4. The summed E-state index contributed by atoms with van der Waals surface area (Å²) in [6, 6.07) is 8.89. The highest BCUT2D eigenvalue weighted by molar-refractivity contribution is 7.98. The third-order valence-electron chi connectivity index (χ3n) is 3.51. The first kappa shape index (κ1) is 20.8. The molecule has 2 aromatic carbocycles. The minimum Gasteiger partial charge on any atom is -0.493 e. The summed E-state index contributed by atoms with van der Waals surface area (Å²) >= 11 is 7.35. The lowest BCUT2D eigenvalue weighted by molar-refractivity contribution is 0.354. The van der Waals surface area contributed by atoms with Gasteiger partial charge in [-0.05, 0) is 24.3 Å². The summed E-state index contributed by atoms with van der Waals surface area (Å²) in [6.45, 7) is 0.202. The summed E-state index contributed by atoms with van der Waals surface area (Å²) in [5.74, 6) is 1.25. The molecule has 0 heterocycles. The molecule has 0 radical (unpaired) electrons. The van der Waals surface area contributed by atoms with Gasteiger partial charge in [0, 0.05) is 34.7 Å². The highest BCUT2D eigenvalue weighted by Gasteiger charge is 2.16. The maximum Gasteiger partial charge on any atom is 0.240 e. The predicted octanol–water partition coefficient (Wildman–Crippen LogP) is 3.71. The zero-order valence-corrected chi connectivity index (χ0v) is 16.7. The van der Waals surface area contributed by atoms with Gasteiger partial charge in [-0.25, -0.2) is 17.5 Å². The quantitative estimate of drug-likeness (QED) is 0.628. The number of ether oxygens (including phenoxy) is 2. The van der Waals surface area contributed by atoms with Crippen LogP contribution < -0.4 is 14.2 Å². The van der Waals surface area contributed by atoms with Crippen LogP contribution in [0.3, 0.4) is 0 Å². The average Bonchev–Trinajstić information content (AvgIpc) is 2.62. The van der Waals surface area contributed by atoms with Crippen LogP contribution in [0.15, 0.2) is 41.3 Å². The smallest absolute Gasteiger partial charge is 0.240 e. The van der Waals surface area contributed by atoms with Gasteiger partial charge in [0.15, 0.2) is 11.5 Å². The van der Waals surface area contributed by atoms with Crippen molar-refractivity contribution in [1.82, 2.24) is 4.72 Å². The Balaban J connectivity index is 1.90. The predicted molar refractivity (Wildman–Crippen MR) is 102 cm³/mol. The van der Waals surface area contributed by atoms with E-state index in [-0.39, 0.29) is 17.3 Å². The van der Waals surface area contributed by atoms with E-state index in [1.54, 1.807) is 12.1 Å². The minimum atomic E-state index is -3.68. The average molecular weight is 420 g/mol. The van der Waals surface area contributed by atoms with Gasteiger partial charge in [0.2, 0.25) is 10.0 Å².